The van der Waals surface area contributed by atoms with Gasteiger partial charge in [0.25, 0.3) is 0 Å². The molecule has 2 heterocycles. The average Bonchev–Trinajstić information content (AvgIpc) is 2.76. The second-order valence-corrected chi connectivity index (χ2v) is 4.17. The number of rotatable bonds is 3. The number of likely N-dealkylation sites (N-methyl/N-ethyl adjacent to an activating group) is 1. The van der Waals surface area contributed by atoms with E-state index in [1.165, 1.54) is 32.4 Å². The van der Waals surface area contributed by atoms with Crippen LogP contribution >= 0.6 is 0 Å². The first kappa shape index (κ1) is 9.44. The van der Waals surface area contributed by atoms with E-state index in [4.69, 9.17) is 4.74 Å². The second-order valence-electron chi connectivity index (χ2n) is 4.17. The van der Waals surface area contributed by atoms with E-state index in [0.29, 0.717) is 12.1 Å². The number of nitrogens with zero attached hydrogens (tertiary/aromatic N) is 1. The summed E-state index contributed by atoms with van der Waals surface area (Å²) in [6.07, 6.45) is 4.34. The smallest absolute Gasteiger partial charge is 0.0702 e. The largest absolute Gasteiger partial charge is 0.377 e. The Labute approximate surface area is 80.4 Å². The van der Waals surface area contributed by atoms with Crippen molar-refractivity contribution in [2.45, 2.75) is 31.4 Å². The van der Waals surface area contributed by atoms with Crippen molar-refractivity contribution >= 4 is 0 Å². The lowest BCUT2D eigenvalue weighted by Gasteiger charge is -2.19. The van der Waals surface area contributed by atoms with Gasteiger partial charge in [-0.25, -0.2) is 0 Å². The third-order valence-electron chi connectivity index (χ3n) is 3.17. The Morgan fingerprint density at radius 1 is 1.46 bits per heavy atom. The summed E-state index contributed by atoms with van der Waals surface area (Å²) in [5.41, 5.74) is 0. The highest BCUT2D eigenvalue weighted by atomic mass is 16.5. The first-order valence-corrected chi connectivity index (χ1v) is 5.39. The second kappa shape index (κ2) is 4.40. The van der Waals surface area contributed by atoms with Crippen LogP contribution in [0.4, 0.5) is 0 Å². The predicted octanol–water partition coefficient (Wildman–Crippen LogP) is 0.459. The zero-order chi connectivity index (χ0) is 9.10. The van der Waals surface area contributed by atoms with Gasteiger partial charge in [0.15, 0.2) is 0 Å². The molecule has 0 saturated carbocycles. The maximum Gasteiger partial charge on any atom is 0.0702 e. The Bertz CT molecular complexity index is 157. The molecule has 0 bridgehead atoms. The van der Waals surface area contributed by atoms with Crippen LogP contribution in [0.1, 0.15) is 19.3 Å². The molecule has 2 unspecified atom stereocenters. The highest BCUT2D eigenvalue weighted by Gasteiger charge is 2.25. The molecule has 2 rings (SSSR count). The fourth-order valence-corrected chi connectivity index (χ4v) is 2.31. The first-order chi connectivity index (χ1) is 6.38. The van der Waals surface area contributed by atoms with Crippen LogP contribution in [0.15, 0.2) is 0 Å². The summed E-state index contributed by atoms with van der Waals surface area (Å²) in [5, 5.41) is 3.34. The van der Waals surface area contributed by atoms with E-state index in [-0.39, 0.29) is 0 Å². The minimum Gasteiger partial charge on any atom is -0.377 e. The lowest BCUT2D eigenvalue weighted by molar-refractivity contribution is 0.0801. The Morgan fingerprint density at radius 2 is 2.38 bits per heavy atom. The number of nitrogens with one attached hydrogen (secondary N) is 1. The summed E-state index contributed by atoms with van der Waals surface area (Å²) < 4.78 is 5.62. The SMILES string of the molecule is CNC1CCN(CC2CCCO2)C1. The molecular formula is C10H20N2O. The highest BCUT2D eigenvalue weighted by Crippen LogP contribution is 2.16. The van der Waals surface area contributed by atoms with Gasteiger partial charge in [0.05, 0.1) is 6.10 Å². The molecule has 76 valence electrons. The molecule has 0 aromatic carbocycles. The van der Waals surface area contributed by atoms with Crippen molar-refractivity contribution in [1.29, 1.82) is 0 Å². The number of hydrogen-bond acceptors (Lipinski definition) is 3. The molecule has 0 aromatic rings. The predicted molar refractivity (Wildman–Crippen MR) is 52.9 cm³/mol. The maximum atomic E-state index is 5.62. The average molecular weight is 184 g/mol. The molecule has 2 aliphatic heterocycles. The molecule has 3 nitrogen and oxygen atoms in total. The Balaban J connectivity index is 1.70. The molecule has 2 aliphatic rings. The van der Waals surface area contributed by atoms with Gasteiger partial charge in [0.1, 0.15) is 0 Å². The van der Waals surface area contributed by atoms with Crippen LogP contribution in [-0.4, -0.2) is 50.3 Å². The van der Waals surface area contributed by atoms with Gasteiger partial charge in [0.2, 0.25) is 0 Å². The highest BCUT2D eigenvalue weighted by molar-refractivity contribution is 4.82. The molecule has 0 amide bonds. The van der Waals surface area contributed by atoms with Gasteiger partial charge in [-0.15, -0.1) is 0 Å². The molecule has 0 spiro atoms. The molecule has 2 saturated heterocycles. The molecule has 0 aliphatic carbocycles. The lowest BCUT2D eigenvalue weighted by Crippen LogP contribution is -2.34. The van der Waals surface area contributed by atoms with Crippen LogP contribution in [-0.2, 0) is 4.74 Å². The van der Waals surface area contributed by atoms with Crippen molar-refractivity contribution < 1.29 is 4.74 Å². The van der Waals surface area contributed by atoms with Crippen LogP contribution < -0.4 is 5.32 Å². The van der Waals surface area contributed by atoms with Crippen molar-refractivity contribution in [2.24, 2.45) is 0 Å². The van der Waals surface area contributed by atoms with E-state index in [1.54, 1.807) is 0 Å². The molecule has 2 atom stereocenters. The van der Waals surface area contributed by atoms with Gasteiger partial charge in [-0.3, -0.25) is 4.90 Å². The summed E-state index contributed by atoms with van der Waals surface area (Å²) in [5.74, 6) is 0. The molecule has 0 aromatic heterocycles. The molecule has 2 fully saturated rings. The fourth-order valence-electron chi connectivity index (χ4n) is 2.31. The minimum atomic E-state index is 0.524. The molecule has 0 radical (unpaired) electrons. The van der Waals surface area contributed by atoms with Crippen molar-refractivity contribution in [3.05, 3.63) is 0 Å². The van der Waals surface area contributed by atoms with Gasteiger partial charge < -0.3 is 10.1 Å². The van der Waals surface area contributed by atoms with Gasteiger partial charge in [0, 0.05) is 25.7 Å². The topological polar surface area (TPSA) is 24.5 Å². The van der Waals surface area contributed by atoms with Crippen LogP contribution in [0.5, 0.6) is 0 Å². The molecule has 13 heavy (non-hydrogen) atoms. The fraction of sp³-hybridized carbons (Fsp3) is 1.00. The van der Waals surface area contributed by atoms with E-state index < -0.39 is 0 Å². The summed E-state index contributed by atoms with van der Waals surface area (Å²) in [4.78, 5) is 2.52. The van der Waals surface area contributed by atoms with Gasteiger partial charge in [-0.1, -0.05) is 0 Å². The Kier molecular flexibility index (Phi) is 3.19. The van der Waals surface area contributed by atoms with E-state index in [2.05, 4.69) is 17.3 Å². The molecule has 1 N–H and O–H groups in total. The standard InChI is InChI=1S/C10H20N2O/c1-11-9-4-5-12(7-9)8-10-3-2-6-13-10/h9-11H,2-8H2,1H3. The Hall–Kier alpha value is -0.120. The normalized spacial score (nSPS) is 35.8. The number of likely N-dealkylation sites (tertiary alicyclic amines) is 1. The van der Waals surface area contributed by atoms with E-state index in [9.17, 15) is 0 Å². The summed E-state index contributed by atoms with van der Waals surface area (Å²) in [6, 6.07) is 0.710. The Morgan fingerprint density at radius 3 is 3.00 bits per heavy atom. The number of ether oxygens (including phenoxy) is 1. The van der Waals surface area contributed by atoms with Gasteiger partial charge in [-0.05, 0) is 32.9 Å². The first-order valence-electron chi connectivity index (χ1n) is 5.39. The van der Waals surface area contributed by atoms with E-state index in [1.807, 2.05) is 0 Å². The van der Waals surface area contributed by atoms with Crippen molar-refractivity contribution in [2.75, 3.05) is 33.3 Å². The maximum absolute atomic E-state index is 5.62. The minimum absolute atomic E-state index is 0.524. The zero-order valence-corrected chi connectivity index (χ0v) is 8.46. The monoisotopic (exact) mass is 184 g/mol. The zero-order valence-electron chi connectivity index (χ0n) is 8.46. The number of hydrogen-bond donors (Lipinski definition) is 1. The quantitative estimate of drug-likeness (QED) is 0.689. The van der Waals surface area contributed by atoms with Crippen LogP contribution in [0.25, 0.3) is 0 Å². The van der Waals surface area contributed by atoms with E-state index >= 15 is 0 Å². The van der Waals surface area contributed by atoms with Crippen LogP contribution in [0.2, 0.25) is 0 Å². The lowest BCUT2D eigenvalue weighted by atomic mass is 10.2. The summed E-state index contributed by atoms with van der Waals surface area (Å²) in [6.45, 7) is 4.58. The van der Waals surface area contributed by atoms with Gasteiger partial charge in [-0.2, -0.15) is 0 Å². The van der Waals surface area contributed by atoms with Crippen LogP contribution in [0, 0.1) is 0 Å². The van der Waals surface area contributed by atoms with E-state index in [0.717, 1.165) is 13.2 Å². The third-order valence-corrected chi connectivity index (χ3v) is 3.17. The third kappa shape index (κ3) is 2.42. The van der Waals surface area contributed by atoms with Crippen molar-refractivity contribution in [3.63, 3.8) is 0 Å². The van der Waals surface area contributed by atoms with Crippen LogP contribution in [0.3, 0.4) is 0 Å². The summed E-state index contributed by atoms with van der Waals surface area (Å²) >= 11 is 0. The molecule has 3 heteroatoms. The summed E-state index contributed by atoms with van der Waals surface area (Å²) in [7, 11) is 2.06. The molecular weight excluding hydrogens is 164 g/mol. The van der Waals surface area contributed by atoms with Gasteiger partial charge >= 0.3 is 0 Å². The van der Waals surface area contributed by atoms with Crippen molar-refractivity contribution in [1.82, 2.24) is 10.2 Å². The van der Waals surface area contributed by atoms with Crippen molar-refractivity contribution in [3.8, 4) is 0 Å².